The van der Waals surface area contributed by atoms with E-state index in [1.807, 2.05) is 30.3 Å². The number of nitrogens with one attached hydrogen (secondary N) is 1. The van der Waals surface area contributed by atoms with Gasteiger partial charge in [0.2, 0.25) is 0 Å². The summed E-state index contributed by atoms with van der Waals surface area (Å²) >= 11 is 0. The van der Waals surface area contributed by atoms with Gasteiger partial charge in [0.15, 0.2) is 0 Å². The van der Waals surface area contributed by atoms with Crippen molar-refractivity contribution in [2.24, 2.45) is 0 Å². The van der Waals surface area contributed by atoms with E-state index < -0.39 is 0 Å². The Bertz CT molecular complexity index is 332. The third kappa shape index (κ3) is 4.31. The molecule has 0 radical (unpaired) electrons. The molecule has 0 aromatic heterocycles. The number of hydrogen-bond donors (Lipinski definition) is 1. The molecule has 0 bridgehead atoms. The van der Waals surface area contributed by atoms with Crippen LogP contribution in [0.4, 0.5) is 0 Å². The van der Waals surface area contributed by atoms with Crippen LogP contribution in [0.15, 0.2) is 30.3 Å². The summed E-state index contributed by atoms with van der Waals surface area (Å²) in [7, 11) is 0. The lowest BCUT2D eigenvalue weighted by Gasteiger charge is -2.36. The highest BCUT2D eigenvalue weighted by Crippen LogP contribution is 2.09. The summed E-state index contributed by atoms with van der Waals surface area (Å²) in [5.41, 5.74) is 0. The van der Waals surface area contributed by atoms with E-state index in [0.717, 1.165) is 38.4 Å². The first-order valence-corrected chi connectivity index (χ1v) is 6.90. The third-order valence-electron chi connectivity index (χ3n) is 3.26. The fraction of sp³-hybridized carbons (Fsp3) is 0.600. The molecule has 1 N–H and O–H groups in total. The molecular weight excluding hydrogens is 224 g/mol. The number of piperazine rings is 1. The number of rotatable bonds is 5. The van der Waals surface area contributed by atoms with Crippen LogP contribution in [0, 0.1) is 0 Å². The Kier molecular flexibility index (Phi) is 5.02. The Morgan fingerprint density at radius 1 is 1.17 bits per heavy atom. The van der Waals surface area contributed by atoms with Crippen molar-refractivity contribution in [1.82, 2.24) is 10.2 Å². The average molecular weight is 248 g/mol. The fourth-order valence-electron chi connectivity index (χ4n) is 2.62. The molecule has 18 heavy (non-hydrogen) atoms. The second kappa shape index (κ2) is 6.76. The highest BCUT2D eigenvalue weighted by atomic mass is 16.5. The monoisotopic (exact) mass is 248 g/mol. The van der Waals surface area contributed by atoms with Crippen molar-refractivity contribution in [3.05, 3.63) is 30.3 Å². The molecule has 1 aliphatic rings. The predicted molar refractivity (Wildman–Crippen MR) is 75.1 cm³/mol. The predicted octanol–water partition coefficient (Wildman–Crippen LogP) is 2.14. The van der Waals surface area contributed by atoms with E-state index >= 15 is 0 Å². The van der Waals surface area contributed by atoms with Gasteiger partial charge >= 0.3 is 0 Å². The molecule has 1 fully saturated rings. The van der Waals surface area contributed by atoms with Crippen LogP contribution in [-0.4, -0.2) is 43.2 Å². The third-order valence-corrected chi connectivity index (χ3v) is 3.26. The van der Waals surface area contributed by atoms with Crippen molar-refractivity contribution in [3.8, 4) is 5.75 Å². The molecule has 2 rings (SSSR count). The summed E-state index contributed by atoms with van der Waals surface area (Å²) < 4.78 is 5.71. The number of nitrogens with zero attached hydrogens (tertiary/aromatic N) is 1. The smallest absolute Gasteiger partial charge is 0.119 e. The van der Waals surface area contributed by atoms with Crippen molar-refractivity contribution >= 4 is 0 Å². The van der Waals surface area contributed by atoms with E-state index in [2.05, 4.69) is 24.1 Å². The number of hydrogen-bond acceptors (Lipinski definition) is 3. The number of para-hydroxylation sites is 1. The minimum Gasteiger partial charge on any atom is -0.494 e. The lowest BCUT2D eigenvalue weighted by atomic mass is 10.1. The lowest BCUT2D eigenvalue weighted by molar-refractivity contribution is 0.161. The van der Waals surface area contributed by atoms with Crippen LogP contribution in [-0.2, 0) is 0 Å². The summed E-state index contributed by atoms with van der Waals surface area (Å²) in [6.45, 7) is 8.73. The molecule has 3 nitrogen and oxygen atoms in total. The van der Waals surface area contributed by atoms with Gasteiger partial charge in [0.25, 0.3) is 0 Å². The van der Waals surface area contributed by atoms with E-state index in [1.165, 1.54) is 0 Å². The maximum Gasteiger partial charge on any atom is 0.119 e. The van der Waals surface area contributed by atoms with Crippen molar-refractivity contribution in [2.75, 3.05) is 26.2 Å². The van der Waals surface area contributed by atoms with Gasteiger partial charge in [0, 0.05) is 31.7 Å². The Labute approximate surface area is 110 Å². The van der Waals surface area contributed by atoms with Gasteiger partial charge in [0.1, 0.15) is 5.75 Å². The largest absolute Gasteiger partial charge is 0.494 e. The molecular formula is C15H24N2O. The quantitative estimate of drug-likeness (QED) is 0.808. The zero-order valence-electron chi connectivity index (χ0n) is 11.4. The first-order valence-electron chi connectivity index (χ1n) is 6.90. The molecule has 2 unspecified atom stereocenters. The van der Waals surface area contributed by atoms with Crippen LogP contribution < -0.4 is 10.1 Å². The molecule has 1 aromatic carbocycles. The van der Waals surface area contributed by atoms with Crippen LogP contribution in [0.25, 0.3) is 0 Å². The molecule has 1 saturated heterocycles. The minimum atomic E-state index is 0.601. The van der Waals surface area contributed by atoms with Gasteiger partial charge in [-0.15, -0.1) is 0 Å². The maximum absolute atomic E-state index is 5.71. The molecule has 0 spiro atoms. The summed E-state index contributed by atoms with van der Waals surface area (Å²) in [5, 5.41) is 3.55. The molecule has 0 saturated carbocycles. The second-order valence-corrected chi connectivity index (χ2v) is 5.24. The van der Waals surface area contributed by atoms with Crippen molar-refractivity contribution in [2.45, 2.75) is 32.4 Å². The van der Waals surface area contributed by atoms with E-state index in [9.17, 15) is 0 Å². The van der Waals surface area contributed by atoms with E-state index in [4.69, 9.17) is 4.74 Å². The van der Waals surface area contributed by atoms with Crippen LogP contribution >= 0.6 is 0 Å². The van der Waals surface area contributed by atoms with Gasteiger partial charge in [-0.1, -0.05) is 18.2 Å². The maximum atomic E-state index is 5.71. The minimum absolute atomic E-state index is 0.601. The van der Waals surface area contributed by atoms with Crippen molar-refractivity contribution in [3.63, 3.8) is 0 Å². The lowest BCUT2D eigenvalue weighted by Crippen LogP contribution is -2.54. The van der Waals surface area contributed by atoms with Crippen LogP contribution in [0.2, 0.25) is 0 Å². The van der Waals surface area contributed by atoms with Crippen LogP contribution in [0.5, 0.6) is 5.75 Å². The van der Waals surface area contributed by atoms with Crippen molar-refractivity contribution < 1.29 is 4.74 Å². The van der Waals surface area contributed by atoms with E-state index in [-0.39, 0.29) is 0 Å². The summed E-state index contributed by atoms with van der Waals surface area (Å²) in [4.78, 5) is 2.53. The topological polar surface area (TPSA) is 24.5 Å². The molecule has 3 heteroatoms. The van der Waals surface area contributed by atoms with E-state index in [0.29, 0.717) is 12.1 Å². The molecule has 1 aliphatic heterocycles. The highest BCUT2D eigenvalue weighted by molar-refractivity contribution is 5.20. The fourth-order valence-corrected chi connectivity index (χ4v) is 2.62. The highest BCUT2D eigenvalue weighted by Gasteiger charge is 2.19. The van der Waals surface area contributed by atoms with Gasteiger partial charge < -0.3 is 15.0 Å². The molecule has 1 heterocycles. The molecule has 2 atom stereocenters. The Hall–Kier alpha value is -1.06. The standard InChI is InChI=1S/C15H24N2O/c1-13-11-17(12-14(2)16-13)9-6-10-18-15-7-4-3-5-8-15/h3-5,7-8,13-14,16H,6,9-12H2,1-2H3. The van der Waals surface area contributed by atoms with Crippen LogP contribution in [0.1, 0.15) is 20.3 Å². The van der Waals surface area contributed by atoms with Crippen LogP contribution in [0.3, 0.4) is 0 Å². The zero-order valence-corrected chi connectivity index (χ0v) is 11.4. The van der Waals surface area contributed by atoms with Crippen molar-refractivity contribution in [1.29, 1.82) is 0 Å². The average Bonchev–Trinajstić information content (AvgIpc) is 2.35. The first-order chi connectivity index (χ1) is 8.74. The number of ether oxygens (including phenoxy) is 1. The van der Waals surface area contributed by atoms with E-state index in [1.54, 1.807) is 0 Å². The van der Waals surface area contributed by atoms with Gasteiger partial charge in [0.05, 0.1) is 6.61 Å². The van der Waals surface area contributed by atoms with Gasteiger partial charge in [-0.05, 0) is 32.4 Å². The second-order valence-electron chi connectivity index (χ2n) is 5.24. The Morgan fingerprint density at radius 3 is 2.50 bits per heavy atom. The Morgan fingerprint density at radius 2 is 1.83 bits per heavy atom. The Balaban J connectivity index is 1.63. The summed E-state index contributed by atoms with van der Waals surface area (Å²) in [5.74, 6) is 0.972. The van der Waals surface area contributed by atoms with Gasteiger partial charge in [-0.25, -0.2) is 0 Å². The molecule has 0 amide bonds. The molecule has 0 aliphatic carbocycles. The van der Waals surface area contributed by atoms with Gasteiger partial charge in [-0.2, -0.15) is 0 Å². The number of benzene rings is 1. The summed E-state index contributed by atoms with van der Waals surface area (Å²) in [6, 6.07) is 11.2. The normalized spacial score (nSPS) is 25.0. The molecule has 100 valence electrons. The van der Waals surface area contributed by atoms with Gasteiger partial charge in [-0.3, -0.25) is 0 Å². The SMILES string of the molecule is CC1CN(CCCOc2ccccc2)CC(C)N1. The molecule has 1 aromatic rings. The summed E-state index contributed by atoms with van der Waals surface area (Å²) in [6.07, 6.45) is 1.09. The zero-order chi connectivity index (χ0) is 12.8. The first kappa shape index (κ1) is 13.4.